The predicted octanol–water partition coefficient (Wildman–Crippen LogP) is 5.04. The van der Waals surface area contributed by atoms with E-state index in [9.17, 15) is 18.0 Å². The van der Waals surface area contributed by atoms with Crippen LogP contribution in [0.15, 0.2) is 61.2 Å². The number of carbonyl (C=O) groups excluding carboxylic acids is 1. The summed E-state index contributed by atoms with van der Waals surface area (Å²) in [5.74, 6) is -0.0942. The second-order valence-corrected chi connectivity index (χ2v) is 8.47. The number of pyridine rings is 1. The van der Waals surface area contributed by atoms with Crippen LogP contribution in [0.3, 0.4) is 0 Å². The van der Waals surface area contributed by atoms with E-state index in [0.29, 0.717) is 36.5 Å². The Bertz CT molecular complexity index is 1080. The third-order valence-electron chi connectivity index (χ3n) is 6.03. The van der Waals surface area contributed by atoms with E-state index in [4.69, 9.17) is 0 Å². The van der Waals surface area contributed by atoms with Crippen LogP contribution in [0.25, 0.3) is 11.4 Å². The Morgan fingerprint density at radius 3 is 2.38 bits per heavy atom. The fourth-order valence-corrected chi connectivity index (χ4v) is 4.11. The van der Waals surface area contributed by atoms with Crippen molar-refractivity contribution in [3.05, 3.63) is 77.9 Å². The molecule has 1 aliphatic rings. The number of aromatic nitrogens is 3. The normalized spacial score (nSPS) is 16.1. The van der Waals surface area contributed by atoms with Crippen molar-refractivity contribution >= 4 is 5.91 Å². The number of nitrogens with zero attached hydrogens (tertiary/aromatic N) is 4. The van der Waals surface area contributed by atoms with Crippen molar-refractivity contribution in [1.29, 1.82) is 0 Å². The number of hydrogen-bond donors (Lipinski definition) is 0. The zero-order valence-corrected chi connectivity index (χ0v) is 17.6. The van der Waals surface area contributed by atoms with Gasteiger partial charge in [-0.15, -0.1) is 0 Å². The summed E-state index contributed by atoms with van der Waals surface area (Å²) in [5.41, 5.74) is 1.77. The number of rotatable bonds is 4. The van der Waals surface area contributed by atoms with Crippen molar-refractivity contribution in [2.75, 3.05) is 13.1 Å². The molecule has 0 bridgehead atoms. The highest BCUT2D eigenvalue weighted by Gasteiger charge is 2.34. The average Bonchev–Trinajstić information content (AvgIpc) is 2.79. The fraction of sp³-hybridized carbons (Fsp3) is 0.333. The molecule has 0 aliphatic carbocycles. The zero-order chi connectivity index (χ0) is 22.8. The number of carbonyl (C=O) groups is 1. The molecular formula is C24H23F3N4O. The molecule has 8 heteroatoms. The molecule has 3 heterocycles. The first kappa shape index (κ1) is 21.9. The van der Waals surface area contributed by atoms with Crippen LogP contribution in [0.4, 0.5) is 13.2 Å². The Hall–Kier alpha value is -3.29. The van der Waals surface area contributed by atoms with Gasteiger partial charge in [-0.3, -0.25) is 9.78 Å². The monoisotopic (exact) mass is 440 g/mol. The summed E-state index contributed by atoms with van der Waals surface area (Å²) in [6.45, 7) is 3.28. The number of piperidine rings is 1. The number of likely N-dealkylation sites (tertiary alicyclic amines) is 1. The number of alkyl halides is 3. The van der Waals surface area contributed by atoms with Gasteiger partial charge in [0.2, 0.25) is 0 Å². The fourth-order valence-electron chi connectivity index (χ4n) is 4.11. The van der Waals surface area contributed by atoms with Gasteiger partial charge in [0, 0.05) is 25.5 Å². The number of benzene rings is 1. The first-order valence-corrected chi connectivity index (χ1v) is 10.4. The van der Waals surface area contributed by atoms with Crippen LogP contribution in [0, 0.1) is 5.41 Å². The molecule has 0 unspecified atom stereocenters. The molecule has 1 saturated heterocycles. The highest BCUT2D eigenvalue weighted by atomic mass is 19.4. The maximum absolute atomic E-state index is 13.2. The molecule has 1 amide bonds. The Morgan fingerprint density at radius 2 is 1.75 bits per heavy atom. The van der Waals surface area contributed by atoms with Crippen molar-refractivity contribution in [2.24, 2.45) is 5.41 Å². The quantitative estimate of drug-likeness (QED) is 0.570. The summed E-state index contributed by atoms with van der Waals surface area (Å²) < 4.78 is 38.4. The maximum Gasteiger partial charge on any atom is 0.416 e. The molecule has 166 valence electrons. The smallest absolute Gasteiger partial charge is 0.339 e. The van der Waals surface area contributed by atoms with E-state index in [1.165, 1.54) is 6.33 Å². The van der Waals surface area contributed by atoms with E-state index in [0.717, 1.165) is 30.5 Å². The van der Waals surface area contributed by atoms with Crippen LogP contribution < -0.4 is 0 Å². The minimum absolute atomic E-state index is 0.0824. The molecule has 0 N–H and O–H groups in total. The first-order valence-electron chi connectivity index (χ1n) is 10.4. The Morgan fingerprint density at radius 1 is 1.03 bits per heavy atom. The Kier molecular flexibility index (Phi) is 5.95. The van der Waals surface area contributed by atoms with Crippen molar-refractivity contribution in [1.82, 2.24) is 19.9 Å². The van der Waals surface area contributed by atoms with E-state index < -0.39 is 11.7 Å². The maximum atomic E-state index is 13.2. The van der Waals surface area contributed by atoms with Crippen LogP contribution in [0.2, 0.25) is 0 Å². The SMILES string of the molecule is CC1(Cc2ccc(C(F)(F)F)cc2)CCN(C(=O)c2cccnc2-c2ccncn2)CC1. The van der Waals surface area contributed by atoms with Crippen LogP contribution >= 0.6 is 0 Å². The number of amides is 1. The van der Waals surface area contributed by atoms with Crippen LogP contribution in [-0.4, -0.2) is 38.8 Å². The third-order valence-corrected chi connectivity index (χ3v) is 6.03. The molecule has 1 aromatic carbocycles. The Balaban J connectivity index is 1.43. The van der Waals surface area contributed by atoms with Crippen molar-refractivity contribution in [3.63, 3.8) is 0 Å². The highest BCUT2D eigenvalue weighted by Crippen LogP contribution is 2.36. The standard InChI is InChI=1S/C24H23F3N4O/c1-23(15-17-4-6-18(7-5-17)24(25,26)27)9-13-31(14-10-23)22(32)19-3-2-11-29-21(19)20-8-12-28-16-30-20/h2-8,11-12,16H,9-10,13-15H2,1H3. The summed E-state index contributed by atoms with van der Waals surface area (Å²) >= 11 is 0. The third kappa shape index (κ3) is 4.79. The van der Waals surface area contributed by atoms with E-state index in [1.54, 1.807) is 42.7 Å². The van der Waals surface area contributed by atoms with Crippen molar-refractivity contribution < 1.29 is 18.0 Å². The highest BCUT2D eigenvalue weighted by molar-refractivity contribution is 5.99. The van der Waals surface area contributed by atoms with Crippen LogP contribution in [0.1, 0.15) is 41.3 Å². The molecule has 0 radical (unpaired) electrons. The first-order chi connectivity index (χ1) is 15.3. The number of halogens is 3. The molecule has 32 heavy (non-hydrogen) atoms. The van der Waals surface area contributed by atoms with Gasteiger partial charge in [0.1, 0.15) is 12.0 Å². The van der Waals surface area contributed by atoms with Gasteiger partial charge in [-0.2, -0.15) is 13.2 Å². The molecule has 2 aromatic heterocycles. The largest absolute Gasteiger partial charge is 0.416 e. The summed E-state index contributed by atoms with van der Waals surface area (Å²) in [4.78, 5) is 27.5. The van der Waals surface area contributed by atoms with Gasteiger partial charge in [0.25, 0.3) is 5.91 Å². The molecule has 4 rings (SSSR count). The molecule has 0 saturated carbocycles. The van der Waals surface area contributed by atoms with E-state index in [-0.39, 0.29) is 11.3 Å². The lowest BCUT2D eigenvalue weighted by Crippen LogP contribution is -2.43. The minimum Gasteiger partial charge on any atom is -0.339 e. The molecule has 1 aliphatic heterocycles. The van der Waals surface area contributed by atoms with Gasteiger partial charge >= 0.3 is 6.18 Å². The molecule has 3 aromatic rings. The summed E-state index contributed by atoms with van der Waals surface area (Å²) in [5, 5.41) is 0. The van der Waals surface area contributed by atoms with E-state index >= 15 is 0 Å². The summed E-state index contributed by atoms with van der Waals surface area (Å²) in [6.07, 6.45) is 2.54. The summed E-state index contributed by atoms with van der Waals surface area (Å²) in [6, 6.07) is 10.6. The molecular weight excluding hydrogens is 417 g/mol. The molecule has 5 nitrogen and oxygen atoms in total. The van der Waals surface area contributed by atoms with Gasteiger partial charge in [-0.1, -0.05) is 19.1 Å². The predicted molar refractivity (Wildman–Crippen MR) is 114 cm³/mol. The van der Waals surface area contributed by atoms with E-state index in [1.807, 2.05) is 4.90 Å². The van der Waals surface area contributed by atoms with Gasteiger partial charge in [0.15, 0.2) is 0 Å². The lowest BCUT2D eigenvalue weighted by atomic mass is 9.75. The second kappa shape index (κ2) is 8.68. The van der Waals surface area contributed by atoms with Crippen molar-refractivity contribution in [3.8, 4) is 11.4 Å². The lowest BCUT2D eigenvalue weighted by molar-refractivity contribution is -0.137. The zero-order valence-electron chi connectivity index (χ0n) is 17.6. The van der Waals surface area contributed by atoms with Crippen LogP contribution in [0.5, 0.6) is 0 Å². The average molecular weight is 440 g/mol. The molecule has 0 atom stereocenters. The van der Waals surface area contributed by atoms with Gasteiger partial charge in [-0.05, 0) is 60.6 Å². The van der Waals surface area contributed by atoms with Gasteiger partial charge < -0.3 is 4.90 Å². The minimum atomic E-state index is -4.33. The molecule has 0 spiro atoms. The van der Waals surface area contributed by atoms with Crippen LogP contribution in [-0.2, 0) is 12.6 Å². The van der Waals surface area contributed by atoms with Crippen molar-refractivity contribution in [2.45, 2.75) is 32.4 Å². The van der Waals surface area contributed by atoms with E-state index in [2.05, 4.69) is 21.9 Å². The second-order valence-electron chi connectivity index (χ2n) is 8.47. The van der Waals surface area contributed by atoms with Gasteiger partial charge in [0.05, 0.1) is 16.8 Å². The van der Waals surface area contributed by atoms with Gasteiger partial charge in [-0.25, -0.2) is 9.97 Å². The Labute approximate surface area is 184 Å². The summed E-state index contributed by atoms with van der Waals surface area (Å²) in [7, 11) is 0. The lowest BCUT2D eigenvalue weighted by Gasteiger charge is -2.39. The molecule has 1 fully saturated rings. The number of hydrogen-bond acceptors (Lipinski definition) is 4. The topological polar surface area (TPSA) is 59.0 Å².